The van der Waals surface area contributed by atoms with Crippen LogP contribution in [0.5, 0.6) is 5.75 Å². The number of para-hydroxylation sites is 1. The first-order valence-corrected chi connectivity index (χ1v) is 11.4. The van der Waals surface area contributed by atoms with Gasteiger partial charge in [-0.15, -0.1) is 5.01 Å². The van der Waals surface area contributed by atoms with Gasteiger partial charge in [0.05, 0.1) is 16.6 Å². The number of hydrogen-bond acceptors (Lipinski definition) is 5. The fraction of sp³-hybridized carbons (Fsp3) is 0.0800. The summed E-state index contributed by atoms with van der Waals surface area (Å²) < 4.78 is 6.54. The predicted molar refractivity (Wildman–Crippen MR) is 127 cm³/mol. The van der Waals surface area contributed by atoms with Crippen LogP contribution < -0.4 is 15.5 Å². The van der Waals surface area contributed by atoms with Crippen LogP contribution in [0.1, 0.15) is 22.7 Å². The number of nitrogens with one attached hydrogen (secondary N) is 2. The van der Waals surface area contributed by atoms with Gasteiger partial charge in [0, 0.05) is 10.6 Å². The van der Waals surface area contributed by atoms with Crippen LogP contribution in [0.2, 0.25) is 5.02 Å². The Kier molecular flexibility index (Phi) is 4.54. The van der Waals surface area contributed by atoms with Gasteiger partial charge in [0.15, 0.2) is 0 Å². The zero-order valence-electron chi connectivity index (χ0n) is 16.8. The molecule has 0 saturated carbocycles. The number of ether oxygens (including phenoxy) is 1. The van der Waals surface area contributed by atoms with E-state index in [4.69, 9.17) is 16.3 Å². The normalized spacial score (nSPS) is 25.0. The summed E-state index contributed by atoms with van der Waals surface area (Å²) in [6.45, 7) is 0. The van der Waals surface area contributed by atoms with E-state index in [-0.39, 0.29) is 11.3 Å². The van der Waals surface area contributed by atoms with Crippen molar-refractivity contribution in [1.82, 2.24) is 15.8 Å². The van der Waals surface area contributed by atoms with E-state index in [1.54, 1.807) is 0 Å². The summed E-state index contributed by atoms with van der Waals surface area (Å²) >= 11 is 7.54. The van der Waals surface area contributed by atoms with Crippen molar-refractivity contribution in [3.05, 3.63) is 112 Å². The number of hydrogen-bond donors (Lipinski definition) is 2. The van der Waals surface area contributed by atoms with Crippen molar-refractivity contribution in [1.29, 1.82) is 0 Å². The van der Waals surface area contributed by atoms with Crippen molar-refractivity contribution in [2.45, 2.75) is 11.9 Å². The molecule has 0 bridgehead atoms. The topological polar surface area (TPSA) is 53.6 Å². The molecule has 1 amide bonds. The molecular weight excluding hydrogens is 442 g/mol. The Hall–Kier alpha value is -3.19. The zero-order valence-corrected chi connectivity index (χ0v) is 18.4. The molecule has 7 heteroatoms. The third-order valence-electron chi connectivity index (χ3n) is 5.76. The van der Waals surface area contributed by atoms with E-state index in [0.717, 1.165) is 39.9 Å². The molecule has 1 spiro atoms. The van der Waals surface area contributed by atoms with Crippen molar-refractivity contribution in [2.24, 2.45) is 0 Å². The minimum Gasteiger partial charge on any atom is -0.448 e. The molecule has 32 heavy (non-hydrogen) atoms. The van der Waals surface area contributed by atoms with Gasteiger partial charge >= 0.3 is 0 Å². The minimum absolute atomic E-state index is 0.135. The third kappa shape index (κ3) is 3.03. The second kappa shape index (κ2) is 7.45. The van der Waals surface area contributed by atoms with Crippen LogP contribution in [-0.4, -0.2) is 16.1 Å². The van der Waals surface area contributed by atoms with Gasteiger partial charge in [-0.3, -0.25) is 10.1 Å². The average molecular weight is 460 g/mol. The van der Waals surface area contributed by atoms with Gasteiger partial charge in [0.2, 0.25) is 0 Å². The Balaban J connectivity index is 1.51. The van der Waals surface area contributed by atoms with Crippen molar-refractivity contribution < 1.29 is 9.53 Å². The molecule has 0 aliphatic carbocycles. The Bertz CT molecular complexity index is 1290. The summed E-state index contributed by atoms with van der Waals surface area (Å²) in [6, 6.07) is 25.4. The van der Waals surface area contributed by atoms with Crippen LogP contribution in [0.15, 0.2) is 89.8 Å². The van der Waals surface area contributed by atoms with Gasteiger partial charge < -0.3 is 10.2 Å². The molecule has 1 saturated heterocycles. The fourth-order valence-electron chi connectivity index (χ4n) is 4.29. The summed E-state index contributed by atoms with van der Waals surface area (Å²) in [6.07, 6.45) is 4.08. The van der Waals surface area contributed by atoms with Crippen molar-refractivity contribution in [2.75, 3.05) is 0 Å². The largest absolute Gasteiger partial charge is 0.448 e. The predicted octanol–water partition coefficient (Wildman–Crippen LogP) is 5.79. The monoisotopic (exact) mass is 459 g/mol. The molecule has 5 nitrogen and oxygen atoms in total. The van der Waals surface area contributed by atoms with Crippen LogP contribution in [0.25, 0.3) is 11.8 Å². The fourth-order valence-corrected chi connectivity index (χ4v) is 5.38. The van der Waals surface area contributed by atoms with E-state index in [2.05, 4.69) is 29.0 Å². The maximum absolute atomic E-state index is 12.7. The maximum Gasteiger partial charge on any atom is 0.294 e. The molecular formula is C25H18ClN3O2S. The lowest BCUT2D eigenvalue weighted by molar-refractivity contribution is -0.107. The molecule has 3 aromatic rings. The number of amides is 1. The third-order valence-corrected chi connectivity index (χ3v) is 7.01. The lowest BCUT2D eigenvalue weighted by Crippen LogP contribution is -2.66. The SMILES string of the molecule is O=C1N[C@@]2(Oc3ccccc3[C@@H]3C=C(c4ccccc4)NN32)/C(=C/c2ccccc2Cl)S1. The van der Waals surface area contributed by atoms with Crippen molar-refractivity contribution >= 4 is 40.4 Å². The molecule has 0 radical (unpaired) electrons. The number of fused-ring (bicyclic) bond motifs is 4. The number of nitrogens with zero attached hydrogens (tertiary/aromatic N) is 1. The Morgan fingerprint density at radius 1 is 1.00 bits per heavy atom. The minimum atomic E-state index is -1.20. The summed E-state index contributed by atoms with van der Waals surface area (Å²) in [4.78, 5) is 13.4. The van der Waals surface area contributed by atoms with E-state index in [9.17, 15) is 4.79 Å². The Labute approximate surface area is 194 Å². The number of carbonyl (C=O) groups excluding carboxylic acids is 1. The van der Waals surface area contributed by atoms with Gasteiger partial charge in [-0.25, -0.2) is 0 Å². The van der Waals surface area contributed by atoms with Crippen LogP contribution >= 0.6 is 23.4 Å². The highest BCUT2D eigenvalue weighted by Gasteiger charge is 2.58. The van der Waals surface area contributed by atoms with Gasteiger partial charge in [0.1, 0.15) is 5.75 Å². The summed E-state index contributed by atoms with van der Waals surface area (Å²) in [5.41, 5.74) is 7.37. The standard InChI is InChI=1S/C25H18ClN3O2S/c26-19-12-6-4-10-17(19)14-23-25(27-24(30)32-23)29-21(18-11-5-7-13-22(18)31-25)15-20(28-29)16-8-2-1-3-9-16/h1-15,21,28H,(H,27,30)/b23-14-/t21-,25-/m0/s1. The highest BCUT2D eigenvalue weighted by molar-refractivity contribution is 8.17. The second-order valence-electron chi connectivity index (χ2n) is 7.70. The molecule has 3 heterocycles. The summed E-state index contributed by atoms with van der Waals surface area (Å²) in [5, 5.41) is 5.46. The maximum atomic E-state index is 12.7. The zero-order chi connectivity index (χ0) is 21.7. The van der Waals surface area contributed by atoms with E-state index in [1.807, 2.05) is 77.8 Å². The number of hydrazine groups is 1. The lowest BCUT2D eigenvalue weighted by atomic mass is 10.0. The molecule has 1 fully saturated rings. The molecule has 6 rings (SSSR count). The van der Waals surface area contributed by atoms with E-state index in [1.165, 1.54) is 0 Å². The Morgan fingerprint density at radius 3 is 2.59 bits per heavy atom. The van der Waals surface area contributed by atoms with Crippen LogP contribution in [0, 0.1) is 0 Å². The van der Waals surface area contributed by atoms with Gasteiger partial charge in [-0.2, -0.15) is 0 Å². The number of halogens is 1. The lowest BCUT2D eigenvalue weighted by Gasteiger charge is -2.45. The Morgan fingerprint density at radius 2 is 1.75 bits per heavy atom. The van der Waals surface area contributed by atoms with Crippen molar-refractivity contribution in [3.8, 4) is 5.75 Å². The van der Waals surface area contributed by atoms with Crippen LogP contribution in [0.3, 0.4) is 0 Å². The van der Waals surface area contributed by atoms with E-state index in [0.29, 0.717) is 9.93 Å². The number of thioether (sulfide) groups is 1. The van der Waals surface area contributed by atoms with Gasteiger partial charge in [0.25, 0.3) is 11.1 Å². The molecule has 2 N–H and O–H groups in total. The molecule has 0 unspecified atom stereocenters. The van der Waals surface area contributed by atoms with E-state index >= 15 is 0 Å². The highest BCUT2D eigenvalue weighted by Crippen LogP contribution is 2.51. The molecule has 3 aliphatic rings. The first-order chi connectivity index (χ1) is 15.6. The van der Waals surface area contributed by atoms with Crippen LogP contribution in [-0.2, 0) is 0 Å². The van der Waals surface area contributed by atoms with Gasteiger partial charge in [-0.05, 0) is 47.2 Å². The molecule has 3 aliphatic heterocycles. The highest BCUT2D eigenvalue weighted by atomic mass is 35.5. The summed E-state index contributed by atoms with van der Waals surface area (Å²) in [7, 11) is 0. The number of benzene rings is 3. The number of rotatable bonds is 2. The smallest absolute Gasteiger partial charge is 0.294 e. The van der Waals surface area contributed by atoms with Crippen LogP contribution in [0.4, 0.5) is 4.79 Å². The molecule has 0 aromatic heterocycles. The number of carbonyl (C=O) groups is 1. The average Bonchev–Trinajstić information content (AvgIpc) is 3.39. The first kappa shape index (κ1) is 19.5. The first-order valence-electron chi connectivity index (χ1n) is 10.2. The molecule has 158 valence electrons. The molecule has 2 atom stereocenters. The van der Waals surface area contributed by atoms with E-state index < -0.39 is 5.85 Å². The van der Waals surface area contributed by atoms with Crippen molar-refractivity contribution in [3.63, 3.8) is 0 Å². The second-order valence-corrected chi connectivity index (χ2v) is 9.12. The molecule has 3 aromatic carbocycles. The summed E-state index contributed by atoms with van der Waals surface area (Å²) in [5.74, 6) is -0.471. The quantitative estimate of drug-likeness (QED) is 0.508. The van der Waals surface area contributed by atoms with Gasteiger partial charge in [-0.1, -0.05) is 78.3 Å².